The second-order valence-corrected chi connectivity index (χ2v) is 5.63. The first-order valence-electron chi connectivity index (χ1n) is 5.17. The number of hydrogen-bond donors (Lipinski definition) is 0. The molecule has 3 rings (SSSR count). The number of benzene rings is 1. The second kappa shape index (κ2) is 4.33. The third-order valence-electron chi connectivity index (χ3n) is 2.62. The molecule has 0 fully saturated rings. The molecular weight excluding hydrogens is 278 g/mol. The molecule has 6 heteroatoms. The van der Waals surface area contributed by atoms with Crippen LogP contribution in [0, 0.1) is 11.6 Å². The standard InChI is InChI=1S/C12H7ClF2N2S/c13-12-2-1-7(18-12)5-17-6-16-10-3-8(14)9(15)4-11(10)17/h1-4,6H,5H2. The average molecular weight is 285 g/mol. The van der Waals surface area contributed by atoms with Crippen molar-refractivity contribution in [3.05, 3.63) is 51.4 Å². The van der Waals surface area contributed by atoms with E-state index in [1.807, 2.05) is 6.07 Å². The van der Waals surface area contributed by atoms with Gasteiger partial charge in [-0.2, -0.15) is 0 Å². The highest BCUT2D eigenvalue weighted by Crippen LogP contribution is 2.24. The Kier molecular flexibility index (Phi) is 2.80. The van der Waals surface area contributed by atoms with Crippen LogP contribution in [0.25, 0.3) is 11.0 Å². The van der Waals surface area contributed by atoms with Gasteiger partial charge in [0.15, 0.2) is 11.6 Å². The summed E-state index contributed by atoms with van der Waals surface area (Å²) in [5, 5.41) is 0. The molecule has 3 aromatic rings. The van der Waals surface area contributed by atoms with Gasteiger partial charge in [-0.1, -0.05) is 11.6 Å². The van der Waals surface area contributed by atoms with Crippen LogP contribution in [0.15, 0.2) is 30.6 Å². The van der Waals surface area contributed by atoms with Crippen LogP contribution in [-0.4, -0.2) is 9.55 Å². The quantitative estimate of drug-likeness (QED) is 0.693. The highest BCUT2D eigenvalue weighted by molar-refractivity contribution is 7.16. The number of nitrogens with zero attached hydrogens (tertiary/aromatic N) is 2. The lowest BCUT2D eigenvalue weighted by Gasteiger charge is -2.02. The minimum atomic E-state index is -0.882. The lowest BCUT2D eigenvalue weighted by Crippen LogP contribution is -1.96. The number of aromatic nitrogens is 2. The van der Waals surface area contributed by atoms with E-state index in [9.17, 15) is 8.78 Å². The van der Waals surface area contributed by atoms with E-state index in [-0.39, 0.29) is 0 Å². The second-order valence-electron chi connectivity index (χ2n) is 3.83. The van der Waals surface area contributed by atoms with E-state index in [0.717, 1.165) is 17.0 Å². The first-order chi connectivity index (χ1) is 8.63. The number of halogens is 3. The maximum Gasteiger partial charge on any atom is 0.161 e. The normalized spacial score (nSPS) is 11.3. The summed E-state index contributed by atoms with van der Waals surface area (Å²) in [6.45, 7) is 0.541. The van der Waals surface area contributed by atoms with Crippen LogP contribution in [0.1, 0.15) is 4.88 Å². The van der Waals surface area contributed by atoms with Crippen LogP contribution < -0.4 is 0 Å². The zero-order valence-corrected chi connectivity index (χ0v) is 10.6. The van der Waals surface area contributed by atoms with Crippen molar-refractivity contribution in [2.75, 3.05) is 0 Å². The Labute approximate surface area is 110 Å². The summed E-state index contributed by atoms with van der Waals surface area (Å²) >= 11 is 7.30. The molecule has 0 unspecified atom stereocenters. The van der Waals surface area contributed by atoms with Crippen LogP contribution in [0.4, 0.5) is 8.78 Å². The molecule has 0 N–H and O–H groups in total. The van der Waals surface area contributed by atoms with E-state index in [1.165, 1.54) is 11.3 Å². The van der Waals surface area contributed by atoms with Gasteiger partial charge in [-0.15, -0.1) is 11.3 Å². The molecular formula is C12H7ClF2N2S. The van der Waals surface area contributed by atoms with Crippen molar-refractivity contribution in [2.45, 2.75) is 6.54 Å². The van der Waals surface area contributed by atoms with Crippen LogP contribution in [0.3, 0.4) is 0 Å². The molecule has 0 bridgehead atoms. The summed E-state index contributed by atoms with van der Waals surface area (Å²) in [6, 6.07) is 5.97. The van der Waals surface area contributed by atoms with Crippen molar-refractivity contribution in [3.63, 3.8) is 0 Å². The van der Waals surface area contributed by atoms with Crippen molar-refractivity contribution in [3.8, 4) is 0 Å². The third-order valence-corrected chi connectivity index (χ3v) is 3.83. The molecule has 0 spiro atoms. The van der Waals surface area contributed by atoms with Gasteiger partial charge in [0.2, 0.25) is 0 Å². The molecule has 0 atom stereocenters. The van der Waals surface area contributed by atoms with Crippen LogP contribution in [-0.2, 0) is 6.54 Å². The molecule has 0 amide bonds. The maximum atomic E-state index is 13.2. The number of hydrogen-bond acceptors (Lipinski definition) is 2. The molecule has 0 radical (unpaired) electrons. The number of fused-ring (bicyclic) bond motifs is 1. The van der Waals surface area contributed by atoms with Crippen molar-refractivity contribution in [1.29, 1.82) is 0 Å². The summed E-state index contributed by atoms with van der Waals surface area (Å²) in [4.78, 5) is 5.08. The van der Waals surface area contributed by atoms with Crippen LogP contribution >= 0.6 is 22.9 Å². The topological polar surface area (TPSA) is 17.8 Å². The van der Waals surface area contributed by atoms with E-state index in [2.05, 4.69) is 4.98 Å². The fraction of sp³-hybridized carbons (Fsp3) is 0.0833. The first kappa shape index (κ1) is 11.6. The van der Waals surface area contributed by atoms with E-state index in [1.54, 1.807) is 17.0 Å². The van der Waals surface area contributed by atoms with Gasteiger partial charge < -0.3 is 4.57 Å². The maximum absolute atomic E-state index is 13.2. The lowest BCUT2D eigenvalue weighted by molar-refractivity contribution is 0.510. The van der Waals surface area contributed by atoms with Gasteiger partial charge in [0.25, 0.3) is 0 Å². The Hall–Kier alpha value is -1.46. The van der Waals surface area contributed by atoms with E-state index in [0.29, 0.717) is 21.9 Å². The van der Waals surface area contributed by atoms with Gasteiger partial charge in [0, 0.05) is 17.0 Å². The van der Waals surface area contributed by atoms with Crippen molar-refractivity contribution in [1.82, 2.24) is 9.55 Å². The van der Waals surface area contributed by atoms with E-state index in [4.69, 9.17) is 11.6 Å². The lowest BCUT2D eigenvalue weighted by atomic mass is 10.3. The molecule has 2 nitrogen and oxygen atoms in total. The van der Waals surface area contributed by atoms with Gasteiger partial charge in [0.05, 0.1) is 28.2 Å². The highest BCUT2D eigenvalue weighted by Gasteiger charge is 2.09. The zero-order valence-electron chi connectivity index (χ0n) is 9.03. The van der Waals surface area contributed by atoms with Crippen molar-refractivity contribution in [2.24, 2.45) is 0 Å². The first-order valence-corrected chi connectivity index (χ1v) is 6.37. The van der Waals surface area contributed by atoms with Crippen LogP contribution in [0.5, 0.6) is 0 Å². The van der Waals surface area contributed by atoms with Crippen molar-refractivity contribution < 1.29 is 8.78 Å². The Balaban J connectivity index is 2.04. The Morgan fingerprint density at radius 1 is 1.22 bits per heavy atom. The van der Waals surface area contributed by atoms with E-state index >= 15 is 0 Å². The van der Waals surface area contributed by atoms with Gasteiger partial charge in [-0.05, 0) is 12.1 Å². The van der Waals surface area contributed by atoms with Gasteiger partial charge in [0.1, 0.15) is 0 Å². The Bertz CT molecular complexity index is 720. The molecule has 0 aliphatic heterocycles. The van der Waals surface area contributed by atoms with E-state index < -0.39 is 11.6 Å². The molecule has 1 aromatic carbocycles. The SMILES string of the molecule is Fc1cc2ncn(Cc3ccc(Cl)s3)c2cc1F. The zero-order chi connectivity index (χ0) is 12.7. The number of imidazole rings is 1. The van der Waals surface area contributed by atoms with Gasteiger partial charge in [-0.25, -0.2) is 13.8 Å². The summed E-state index contributed by atoms with van der Waals surface area (Å²) in [6.07, 6.45) is 1.57. The molecule has 2 aromatic heterocycles. The summed E-state index contributed by atoms with van der Waals surface area (Å²) < 4.78 is 28.7. The fourth-order valence-electron chi connectivity index (χ4n) is 1.78. The monoisotopic (exact) mass is 284 g/mol. The summed E-state index contributed by atoms with van der Waals surface area (Å²) in [5.41, 5.74) is 1.01. The molecule has 0 aliphatic carbocycles. The highest BCUT2D eigenvalue weighted by atomic mass is 35.5. The minimum absolute atomic E-state index is 0.441. The van der Waals surface area contributed by atoms with Crippen molar-refractivity contribution >= 4 is 34.0 Å². The largest absolute Gasteiger partial charge is 0.325 e. The number of rotatable bonds is 2. The third kappa shape index (κ3) is 2.00. The molecule has 0 saturated heterocycles. The molecule has 2 heterocycles. The fourth-order valence-corrected chi connectivity index (χ4v) is 2.87. The molecule has 18 heavy (non-hydrogen) atoms. The smallest absolute Gasteiger partial charge is 0.161 e. The predicted octanol–water partition coefficient (Wildman–Crippen LogP) is 4.08. The predicted molar refractivity (Wildman–Crippen MR) is 68.1 cm³/mol. The Morgan fingerprint density at radius 3 is 2.72 bits per heavy atom. The minimum Gasteiger partial charge on any atom is -0.325 e. The average Bonchev–Trinajstić information content (AvgIpc) is 2.89. The summed E-state index contributed by atoms with van der Waals surface area (Å²) in [7, 11) is 0. The molecule has 0 saturated carbocycles. The number of thiophene rings is 1. The Morgan fingerprint density at radius 2 is 2.00 bits per heavy atom. The summed E-state index contributed by atoms with van der Waals surface area (Å²) in [5.74, 6) is -1.75. The van der Waals surface area contributed by atoms with Gasteiger partial charge in [-0.3, -0.25) is 0 Å². The molecule has 0 aliphatic rings. The molecule has 92 valence electrons. The van der Waals surface area contributed by atoms with Gasteiger partial charge >= 0.3 is 0 Å². The van der Waals surface area contributed by atoms with Crippen LogP contribution in [0.2, 0.25) is 4.34 Å².